The largest absolute Gasteiger partial charge is 1.00 e. The zero-order valence-electron chi connectivity index (χ0n) is 10.4. The molecule has 0 aromatic heterocycles. The van der Waals surface area contributed by atoms with Gasteiger partial charge >= 0.3 is 51.4 Å². The first-order chi connectivity index (χ1) is 5.81. The summed E-state index contributed by atoms with van der Waals surface area (Å²) in [5, 5.41) is 6.75. The van der Waals surface area contributed by atoms with Crippen LogP contribution in [-0.4, -0.2) is 5.11 Å². The van der Waals surface area contributed by atoms with Gasteiger partial charge in [0.1, 0.15) is 0 Å². The molecule has 1 unspecified atom stereocenters. The van der Waals surface area contributed by atoms with Crippen LogP contribution in [0.1, 0.15) is 53.9 Å². The number of aliphatic hydroxyl groups is 1. The van der Waals surface area contributed by atoms with Gasteiger partial charge < -0.3 is 11.5 Å². The third kappa shape index (κ3) is 31.7. The molecule has 0 saturated heterocycles. The van der Waals surface area contributed by atoms with Crippen molar-refractivity contribution >= 4 is 0 Å². The van der Waals surface area contributed by atoms with Crippen molar-refractivity contribution < 1.29 is 56.5 Å². The predicted molar refractivity (Wildman–Crippen MR) is 57.3 cm³/mol. The van der Waals surface area contributed by atoms with E-state index in [4.69, 9.17) is 5.11 Å². The Morgan fingerprint density at radius 1 is 1.23 bits per heavy atom. The van der Waals surface area contributed by atoms with Crippen molar-refractivity contribution in [1.29, 1.82) is 0 Å². The Hall–Kier alpha value is 1.60. The smallest absolute Gasteiger partial charge is 0.569 e. The van der Waals surface area contributed by atoms with Crippen LogP contribution in [0.2, 0.25) is 0 Å². The summed E-state index contributed by atoms with van der Waals surface area (Å²) in [4.78, 5) is 0. The van der Waals surface area contributed by atoms with Crippen molar-refractivity contribution in [1.82, 2.24) is 0 Å². The maximum atomic E-state index is 6.75. The Bertz CT molecular complexity index is 49.4. The van der Waals surface area contributed by atoms with Gasteiger partial charge in [-0.05, 0) is 0 Å². The molecule has 0 heterocycles. The maximum Gasteiger partial charge on any atom is 1.00 e. The van der Waals surface area contributed by atoms with E-state index in [9.17, 15) is 0 Å². The van der Waals surface area contributed by atoms with Crippen LogP contribution in [0.3, 0.4) is 0 Å². The Kier molecular flexibility index (Phi) is 54.0. The van der Waals surface area contributed by atoms with E-state index in [1.807, 2.05) is 13.8 Å². The van der Waals surface area contributed by atoms with E-state index in [1.165, 1.54) is 19.3 Å². The Balaban J connectivity index is -0.0000000712. The molecule has 1 atom stereocenters. The van der Waals surface area contributed by atoms with Crippen molar-refractivity contribution in [2.24, 2.45) is 5.92 Å². The number of rotatable bonds is 4. The van der Waals surface area contributed by atoms with E-state index in [2.05, 4.69) is 34.3 Å². The minimum Gasteiger partial charge on any atom is -0.569 e. The van der Waals surface area contributed by atoms with Gasteiger partial charge in [-0.25, -0.2) is 7.11 Å². The van der Waals surface area contributed by atoms with E-state index in [0.29, 0.717) is 0 Å². The third-order valence-electron chi connectivity index (χ3n) is 1.50. The molecule has 0 fully saturated rings. The normalized spacial score (nSPS) is 9.46. The van der Waals surface area contributed by atoms with Crippen LogP contribution in [-0.2, 0) is 0 Å². The minimum absolute atomic E-state index is 0. The SMILES string of the molecule is CC.CCC[CH-]C(C)CC.[CH2-]O.[K+]. The molecule has 0 aliphatic carbocycles. The quantitative estimate of drug-likeness (QED) is 0.550. The molecule has 78 valence electrons. The van der Waals surface area contributed by atoms with Gasteiger partial charge in [0.2, 0.25) is 0 Å². The number of hydrogen-bond donors (Lipinski definition) is 1. The summed E-state index contributed by atoms with van der Waals surface area (Å²) >= 11 is 0. The van der Waals surface area contributed by atoms with Crippen molar-refractivity contribution in [3.05, 3.63) is 13.5 Å². The van der Waals surface area contributed by atoms with Gasteiger partial charge in [0.05, 0.1) is 0 Å². The first-order valence-corrected chi connectivity index (χ1v) is 4.96. The molecule has 0 aromatic carbocycles. The Labute approximate surface area is 128 Å². The van der Waals surface area contributed by atoms with Crippen LogP contribution in [0.15, 0.2) is 0 Å². The van der Waals surface area contributed by atoms with Crippen LogP contribution in [0.4, 0.5) is 0 Å². The minimum atomic E-state index is 0. The molecule has 0 aliphatic rings. The molecule has 0 saturated carbocycles. The molecule has 0 rings (SSSR count). The number of aliphatic hydroxyl groups excluding tert-OH is 1. The van der Waals surface area contributed by atoms with Gasteiger partial charge in [-0.15, -0.1) is 0 Å². The molecule has 0 radical (unpaired) electrons. The summed E-state index contributed by atoms with van der Waals surface area (Å²) in [6.45, 7) is 10.7. The molecule has 1 N–H and O–H groups in total. The summed E-state index contributed by atoms with van der Waals surface area (Å²) < 4.78 is 0. The van der Waals surface area contributed by atoms with Crippen molar-refractivity contribution in [2.75, 3.05) is 0 Å². The average Bonchev–Trinajstić information content (AvgIpc) is 2.20. The first-order valence-electron chi connectivity index (χ1n) is 4.96. The summed E-state index contributed by atoms with van der Waals surface area (Å²) in [6, 6.07) is 0. The van der Waals surface area contributed by atoms with Crippen molar-refractivity contribution in [3.8, 4) is 0 Å². The summed E-state index contributed by atoms with van der Waals surface area (Å²) in [5.74, 6) is 0.829. The number of unbranched alkanes of at least 4 members (excludes halogenated alkanes) is 1. The van der Waals surface area contributed by atoms with E-state index in [0.717, 1.165) is 5.92 Å². The first kappa shape index (κ1) is 24.0. The molecule has 2 heteroatoms. The molecule has 0 amide bonds. The monoisotopic (exact) mass is 213 g/mol. The van der Waals surface area contributed by atoms with Crippen LogP contribution < -0.4 is 51.4 Å². The summed E-state index contributed by atoms with van der Waals surface area (Å²) in [5.41, 5.74) is 0. The second-order valence-corrected chi connectivity index (χ2v) is 2.41. The molecule has 0 aliphatic heterocycles. The topological polar surface area (TPSA) is 20.2 Å². The van der Waals surface area contributed by atoms with Gasteiger partial charge in [-0.2, -0.15) is 12.3 Å². The van der Waals surface area contributed by atoms with E-state index in [-0.39, 0.29) is 51.4 Å². The fourth-order valence-corrected chi connectivity index (χ4v) is 0.618. The molecule has 0 spiro atoms. The zero-order valence-corrected chi connectivity index (χ0v) is 13.6. The van der Waals surface area contributed by atoms with Crippen LogP contribution in [0, 0.1) is 19.4 Å². The Morgan fingerprint density at radius 2 is 1.62 bits per heavy atom. The molecule has 1 nitrogen and oxygen atoms in total. The molecule has 0 bridgehead atoms. The van der Waals surface area contributed by atoms with E-state index >= 15 is 0 Å². The number of hydrogen-bond acceptors (Lipinski definition) is 1. The van der Waals surface area contributed by atoms with Crippen molar-refractivity contribution in [3.63, 3.8) is 0 Å². The second kappa shape index (κ2) is 29.2. The maximum absolute atomic E-state index is 6.75. The van der Waals surface area contributed by atoms with Gasteiger partial charge in [0.15, 0.2) is 0 Å². The van der Waals surface area contributed by atoms with Gasteiger partial charge in [-0.1, -0.05) is 47.5 Å². The zero-order chi connectivity index (χ0) is 10.4. The standard InChI is InChI=1S/C8H17.C2H6.CH3O.K/c1-4-6-7-8(3)5-2;2*1-2;/h7-8H,4-6H2,1-3H3;1-2H3;2H,1H2;/q-1;;-1;+1. The third-order valence-corrected chi connectivity index (χ3v) is 1.50. The average molecular weight is 213 g/mol. The van der Waals surface area contributed by atoms with E-state index < -0.39 is 0 Å². The molecule has 0 aromatic rings. The van der Waals surface area contributed by atoms with Crippen LogP contribution in [0.25, 0.3) is 0 Å². The fourth-order valence-electron chi connectivity index (χ4n) is 0.618. The van der Waals surface area contributed by atoms with E-state index in [1.54, 1.807) is 0 Å². The van der Waals surface area contributed by atoms with Crippen LogP contribution in [0.5, 0.6) is 0 Å². The van der Waals surface area contributed by atoms with Gasteiger partial charge in [-0.3, -0.25) is 0 Å². The Morgan fingerprint density at radius 3 is 1.85 bits per heavy atom. The molecule has 13 heavy (non-hydrogen) atoms. The molecular formula is C11H26KO-. The van der Waals surface area contributed by atoms with Crippen molar-refractivity contribution in [2.45, 2.75) is 53.9 Å². The van der Waals surface area contributed by atoms with Gasteiger partial charge in [0.25, 0.3) is 0 Å². The molecular weight excluding hydrogens is 187 g/mol. The summed E-state index contributed by atoms with van der Waals surface area (Å²) in [7, 11) is 2.25. The second-order valence-electron chi connectivity index (χ2n) is 2.41. The predicted octanol–water partition coefficient (Wildman–Crippen LogP) is 1.22. The fraction of sp³-hybridized carbons (Fsp3) is 0.818. The summed E-state index contributed by atoms with van der Waals surface area (Å²) in [6.07, 6.45) is 6.28. The van der Waals surface area contributed by atoms with Crippen LogP contribution >= 0.6 is 0 Å². The van der Waals surface area contributed by atoms with Gasteiger partial charge in [0, 0.05) is 0 Å².